The van der Waals surface area contributed by atoms with Gasteiger partial charge in [-0.05, 0) is 43.0 Å². The number of carbonyl (C=O) groups is 1. The lowest BCUT2D eigenvalue weighted by Crippen LogP contribution is -2.36. The zero-order valence-corrected chi connectivity index (χ0v) is 17.3. The van der Waals surface area contributed by atoms with E-state index in [2.05, 4.69) is 15.6 Å². The summed E-state index contributed by atoms with van der Waals surface area (Å²) in [5.41, 5.74) is 2.92. The number of nitrogens with zero attached hydrogens (tertiary/aromatic N) is 2. The van der Waals surface area contributed by atoms with E-state index in [1.165, 1.54) is 6.42 Å². The monoisotopic (exact) mass is 394 g/mol. The number of para-hydroxylation sites is 1. The van der Waals surface area contributed by atoms with Gasteiger partial charge in [0.05, 0.1) is 7.11 Å². The van der Waals surface area contributed by atoms with E-state index in [9.17, 15) is 4.79 Å². The first-order valence-corrected chi connectivity index (χ1v) is 10.2. The molecule has 1 amide bonds. The van der Waals surface area contributed by atoms with E-state index in [1.807, 2.05) is 53.4 Å². The van der Waals surface area contributed by atoms with Gasteiger partial charge in [0.15, 0.2) is 5.96 Å². The minimum Gasteiger partial charge on any atom is -0.496 e. The van der Waals surface area contributed by atoms with Gasteiger partial charge in [-0.1, -0.05) is 30.3 Å². The van der Waals surface area contributed by atoms with Crippen LogP contribution >= 0.6 is 0 Å². The summed E-state index contributed by atoms with van der Waals surface area (Å²) in [5, 5.41) is 6.61. The highest BCUT2D eigenvalue weighted by molar-refractivity contribution is 5.94. The number of methoxy groups -OCH3 is 1. The zero-order chi connectivity index (χ0) is 20.5. The molecule has 1 aliphatic rings. The standard InChI is InChI=1S/C23H30N4O2/c1-24-23(26-17-20-8-4-5-9-21(20)29-2)25-16-18-10-12-19(13-11-18)22(28)27-14-6-3-7-15-27/h4-5,8-13H,3,6-7,14-17H2,1-2H3,(H2,24,25,26). The smallest absolute Gasteiger partial charge is 0.253 e. The summed E-state index contributed by atoms with van der Waals surface area (Å²) in [5.74, 6) is 1.70. The van der Waals surface area contributed by atoms with Crippen LogP contribution in [0.5, 0.6) is 5.75 Å². The van der Waals surface area contributed by atoms with Gasteiger partial charge >= 0.3 is 0 Å². The van der Waals surface area contributed by atoms with Gasteiger partial charge in [0.2, 0.25) is 0 Å². The number of carbonyl (C=O) groups excluding carboxylic acids is 1. The summed E-state index contributed by atoms with van der Waals surface area (Å²) in [6.07, 6.45) is 3.43. The third-order valence-electron chi connectivity index (χ3n) is 5.17. The van der Waals surface area contributed by atoms with Crippen LogP contribution < -0.4 is 15.4 Å². The Kier molecular flexibility index (Phi) is 7.50. The molecule has 29 heavy (non-hydrogen) atoms. The second-order valence-electron chi connectivity index (χ2n) is 7.14. The Morgan fingerprint density at radius 3 is 2.38 bits per heavy atom. The van der Waals surface area contributed by atoms with Crippen molar-refractivity contribution in [2.24, 2.45) is 4.99 Å². The van der Waals surface area contributed by atoms with Crippen molar-refractivity contribution in [3.8, 4) is 5.75 Å². The molecule has 1 saturated heterocycles. The number of benzene rings is 2. The van der Waals surface area contributed by atoms with E-state index < -0.39 is 0 Å². The summed E-state index contributed by atoms with van der Waals surface area (Å²) in [7, 11) is 3.42. The second kappa shape index (κ2) is 10.5. The molecule has 6 nitrogen and oxygen atoms in total. The minimum atomic E-state index is 0.137. The van der Waals surface area contributed by atoms with Crippen molar-refractivity contribution in [3.63, 3.8) is 0 Å². The van der Waals surface area contributed by atoms with Crippen LogP contribution in [0.15, 0.2) is 53.5 Å². The van der Waals surface area contributed by atoms with Crippen molar-refractivity contribution in [2.45, 2.75) is 32.4 Å². The topological polar surface area (TPSA) is 66.0 Å². The molecule has 154 valence electrons. The number of hydrogen-bond acceptors (Lipinski definition) is 3. The average Bonchev–Trinajstić information content (AvgIpc) is 2.80. The third kappa shape index (κ3) is 5.73. The molecule has 0 aliphatic carbocycles. The predicted octanol–water partition coefficient (Wildman–Crippen LogP) is 3.19. The third-order valence-corrected chi connectivity index (χ3v) is 5.17. The first-order valence-electron chi connectivity index (χ1n) is 10.2. The number of piperidine rings is 1. The Bertz CT molecular complexity index is 827. The quantitative estimate of drug-likeness (QED) is 0.583. The van der Waals surface area contributed by atoms with Crippen molar-refractivity contribution < 1.29 is 9.53 Å². The molecule has 3 rings (SSSR count). The fraction of sp³-hybridized carbons (Fsp3) is 0.391. The molecule has 0 atom stereocenters. The molecule has 0 spiro atoms. The molecule has 2 aromatic carbocycles. The first kappa shape index (κ1) is 20.7. The Hall–Kier alpha value is -3.02. The summed E-state index contributed by atoms with van der Waals surface area (Å²) in [4.78, 5) is 18.8. The maximum Gasteiger partial charge on any atom is 0.253 e. The van der Waals surface area contributed by atoms with E-state index >= 15 is 0 Å². The molecule has 1 fully saturated rings. The highest BCUT2D eigenvalue weighted by Gasteiger charge is 2.17. The lowest BCUT2D eigenvalue weighted by atomic mass is 10.1. The molecule has 1 aliphatic heterocycles. The molecule has 2 aromatic rings. The van der Waals surface area contributed by atoms with Crippen LogP contribution in [0.25, 0.3) is 0 Å². The number of likely N-dealkylation sites (tertiary alicyclic amines) is 1. The number of guanidine groups is 1. The number of rotatable bonds is 6. The van der Waals surface area contributed by atoms with Crippen LogP contribution in [0.1, 0.15) is 40.7 Å². The van der Waals surface area contributed by atoms with Crippen LogP contribution in [0.3, 0.4) is 0 Å². The summed E-state index contributed by atoms with van der Waals surface area (Å²) in [6.45, 7) is 2.99. The van der Waals surface area contributed by atoms with Crippen molar-refractivity contribution in [1.29, 1.82) is 0 Å². The van der Waals surface area contributed by atoms with Gasteiger partial charge in [-0.3, -0.25) is 9.79 Å². The van der Waals surface area contributed by atoms with Crippen LogP contribution in [-0.2, 0) is 13.1 Å². The van der Waals surface area contributed by atoms with Gasteiger partial charge in [0.1, 0.15) is 5.75 Å². The maximum absolute atomic E-state index is 12.6. The van der Waals surface area contributed by atoms with Gasteiger partial charge in [-0.25, -0.2) is 0 Å². The Labute approximate surface area is 173 Å². The van der Waals surface area contributed by atoms with Crippen molar-refractivity contribution in [2.75, 3.05) is 27.2 Å². The molecule has 1 heterocycles. The molecule has 0 bridgehead atoms. The lowest BCUT2D eigenvalue weighted by molar-refractivity contribution is 0.0724. The molecular weight excluding hydrogens is 364 g/mol. The van der Waals surface area contributed by atoms with Gasteiger partial charge in [0.25, 0.3) is 5.91 Å². The average molecular weight is 395 g/mol. The number of aliphatic imine (C=N–C) groups is 1. The van der Waals surface area contributed by atoms with Crippen LogP contribution in [-0.4, -0.2) is 44.0 Å². The molecule has 6 heteroatoms. The molecule has 0 saturated carbocycles. The number of ether oxygens (including phenoxy) is 1. The molecular formula is C23H30N4O2. The Balaban J connectivity index is 1.51. The highest BCUT2D eigenvalue weighted by Crippen LogP contribution is 2.17. The second-order valence-corrected chi connectivity index (χ2v) is 7.14. The van der Waals surface area contributed by atoms with Crippen molar-refractivity contribution in [3.05, 3.63) is 65.2 Å². The minimum absolute atomic E-state index is 0.137. The van der Waals surface area contributed by atoms with E-state index in [0.29, 0.717) is 19.0 Å². The molecule has 2 N–H and O–H groups in total. The summed E-state index contributed by atoms with van der Waals surface area (Å²) >= 11 is 0. The SMILES string of the molecule is CN=C(NCc1ccc(C(=O)N2CCCCC2)cc1)NCc1ccccc1OC. The van der Waals surface area contributed by atoms with Gasteiger partial charge in [-0.15, -0.1) is 0 Å². The van der Waals surface area contributed by atoms with Crippen molar-refractivity contribution >= 4 is 11.9 Å². The largest absolute Gasteiger partial charge is 0.496 e. The fourth-order valence-electron chi connectivity index (χ4n) is 3.48. The normalized spacial score (nSPS) is 14.4. The van der Waals surface area contributed by atoms with E-state index in [0.717, 1.165) is 48.4 Å². The predicted molar refractivity (Wildman–Crippen MR) is 116 cm³/mol. The van der Waals surface area contributed by atoms with E-state index in [-0.39, 0.29) is 5.91 Å². The van der Waals surface area contributed by atoms with Crippen molar-refractivity contribution in [1.82, 2.24) is 15.5 Å². The summed E-state index contributed by atoms with van der Waals surface area (Å²) < 4.78 is 5.38. The molecule has 0 aromatic heterocycles. The number of amides is 1. The van der Waals surface area contributed by atoms with Crippen LogP contribution in [0.4, 0.5) is 0 Å². The lowest BCUT2D eigenvalue weighted by Gasteiger charge is -2.26. The maximum atomic E-state index is 12.6. The Morgan fingerprint density at radius 2 is 1.69 bits per heavy atom. The van der Waals surface area contributed by atoms with Gasteiger partial charge < -0.3 is 20.3 Å². The molecule has 0 unspecified atom stereocenters. The fourth-order valence-corrected chi connectivity index (χ4v) is 3.48. The van der Waals surface area contributed by atoms with E-state index in [4.69, 9.17) is 4.74 Å². The van der Waals surface area contributed by atoms with E-state index in [1.54, 1.807) is 14.2 Å². The number of nitrogens with one attached hydrogen (secondary N) is 2. The number of hydrogen-bond donors (Lipinski definition) is 2. The first-order chi connectivity index (χ1) is 14.2. The van der Waals surface area contributed by atoms with Gasteiger partial charge in [0, 0.05) is 44.4 Å². The summed E-state index contributed by atoms with van der Waals surface area (Å²) in [6, 6.07) is 15.7. The Morgan fingerprint density at radius 1 is 1.00 bits per heavy atom. The van der Waals surface area contributed by atoms with Crippen LogP contribution in [0, 0.1) is 0 Å². The molecule has 0 radical (unpaired) electrons. The van der Waals surface area contributed by atoms with Crippen LogP contribution in [0.2, 0.25) is 0 Å². The highest BCUT2D eigenvalue weighted by atomic mass is 16.5. The zero-order valence-electron chi connectivity index (χ0n) is 17.3. The van der Waals surface area contributed by atoms with Gasteiger partial charge in [-0.2, -0.15) is 0 Å².